The lowest BCUT2D eigenvalue weighted by molar-refractivity contribution is 0.143. The molecule has 1 aliphatic heterocycles. The smallest absolute Gasteiger partial charge is 0.319 e. The van der Waals surface area contributed by atoms with Crippen LogP contribution in [0, 0.1) is 0 Å². The average Bonchev–Trinajstić information content (AvgIpc) is 2.75. The maximum absolute atomic E-state index is 12.7. The molecular formula is C22H30N4O3S. The van der Waals surface area contributed by atoms with Crippen LogP contribution in [0.5, 0.6) is 0 Å². The van der Waals surface area contributed by atoms with E-state index in [4.69, 9.17) is 0 Å². The van der Waals surface area contributed by atoms with E-state index < -0.39 is 9.84 Å². The first-order chi connectivity index (χ1) is 14.4. The van der Waals surface area contributed by atoms with E-state index in [9.17, 15) is 13.2 Å². The predicted molar refractivity (Wildman–Crippen MR) is 119 cm³/mol. The summed E-state index contributed by atoms with van der Waals surface area (Å²) in [5.41, 5.74) is 1.49. The molecule has 0 aliphatic carbocycles. The van der Waals surface area contributed by atoms with Crippen molar-refractivity contribution in [2.75, 3.05) is 50.8 Å². The molecule has 0 spiro atoms. The number of hydrogen-bond acceptors (Lipinski definition) is 5. The fraction of sp³-hybridized carbons (Fsp3) is 0.409. The molecule has 0 aromatic heterocycles. The Morgan fingerprint density at radius 1 is 1.03 bits per heavy atom. The number of nitrogens with one attached hydrogen (secondary N) is 2. The monoisotopic (exact) mass is 430 g/mol. The molecule has 2 N–H and O–H groups in total. The maximum Gasteiger partial charge on any atom is 0.319 e. The third-order valence-corrected chi connectivity index (χ3v) is 7.11. The molecule has 1 saturated heterocycles. The van der Waals surface area contributed by atoms with Gasteiger partial charge in [0.2, 0.25) is 0 Å². The zero-order valence-electron chi connectivity index (χ0n) is 17.5. The molecule has 8 heteroatoms. The predicted octanol–water partition coefficient (Wildman–Crippen LogP) is 2.59. The average molecular weight is 431 g/mol. The number of rotatable bonds is 7. The van der Waals surface area contributed by atoms with E-state index in [1.54, 1.807) is 25.1 Å². The largest absolute Gasteiger partial charge is 0.330 e. The summed E-state index contributed by atoms with van der Waals surface area (Å²) in [6.45, 7) is 6.25. The number of piperazine rings is 1. The minimum absolute atomic E-state index is 0.0176. The number of likely N-dealkylation sites (N-methyl/N-ethyl adjacent to an activating group) is 1. The number of urea groups is 1. The van der Waals surface area contributed by atoms with Gasteiger partial charge in [-0.3, -0.25) is 4.90 Å². The van der Waals surface area contributed by atoms with Gasteiger partial charge in [-0.15, -0.1) is 0 Å². The van der Waals surface area contributed by atoms with Crippen LogP contribution in [0.2, 0.25) is 0 Å². The highest BCUT2D eigenvalue weighted by Crippen LogP contribution is 2.18. The minimum atomic E-state index is -3.33. The third kappa shape index (κ3) is 6.04. The molecule has 0 radical (unpaired) electrons. The van der Waals surface area contributed by atoms with Crippen LogP contribution in [0.3, 0.4) is 0 Å². The van der Waals surface area contributed by atoms with Crippen molar-refractivity contribution in [1.82, 2.24) is 15.1 Å². The first-order valence-electron chi connectivity index (χ1n) is 10.2. The van der Waals surface area contributed by atoms with Crippen molar-refractivity contribution in [3.63, 3.8) is 0 Å². The highest BCUT2D eigenvalue weighted by Gasteiger charge is 2.21. The van der Waals surface area contributed by atoms with Gasteiger partial charge in [0, 0.05) is 38.4 Å². The Morgan fingerprint density at radius 2 is 1.73 bits per heavy atom. The number of hydrogen-bond donors (Lipinski definition) is 2. The Morgan fingerprint density at radius 3 is 2.40 bits per heavy atom. The third-order valence-electron chi connectivity index (χ3n) is 5.37. The van der Waals surface area contributed by atoms with Crippen LogP contribution in [0.25, 0.3) is 0 Å². The molecule has 1 atom stereocenters. The molecule has 0 saturated carbocycles. The lowest BCUT2D eigenvalue weighted by atomic mass is 10.1. The van der Waals surface area contributed by atoms with Crippen molar-refractivity contribution in [1.29, 1.82) is 0 Å². The number of sulfone groups is 1. The minimum Gasteiger partial charge on any atom is -0.330 e. The van der Waals surface area contributed by atoms with Crippen LogP contribution < -0.4 is 10.6 Å². The number of amides is 2. The van der Waals surface area contributed by atoms with Crippen LogP contribution in [-0.4, -0.2) is 69.8 Å². The fourth-order valence-electron chi connectivity index (χ4n) is 3.47. The van der Waals surface area contributed by atoms with Crippen molar-refractivity contribution in [3.8, 4) is 0 Å². The molecule has 3 rings (SSSR count). The first kappa shape index (κ1) is 22.3. The standard InChI is InChI=1S/C22H30N4O3S/c1-3-30(28,29)20-11-7-10-19(16-20)23-22(27)24-21(18-8-5-4-6-9-18)17-26-14-12-25(2)13-15-26/h4-11,16,21H,3,12-15,17H2,1-2H3,(H2,23,24,27). The molecular weight excluding hydrogens is 400 g/mol. The Hall–Kier alpha value is -2.42. The van der Waals surface area contributed by atoms with E-state index >= 15 is 0 Å². The molecule has 1 fully saturated rings. The Balaban J connectivity index is 1.70. The number of carbonyl (C=O) groups is 1. The summed E-state index contributed by atoms with van der Waals surface area (Å²) in [7, 11) is -1.21. The van der Waals surface area contributed by atoms with Crippen LogP contribution in [0.1, 0.15) is 18.5 Å². The Labute approximate surface area is 179 Å². The van der Waals surface area contributed by atoms with Gasteiger partial charge in [-0.25, -0.2) is 13.2 Å². The molecule has 1 unspecified atom stereocenters. The van der Waals surface area contributed by atoms with E-state index in [2.05, 4.69) is 27.5 Å². The van der Waals surface area contributed by atoms with Gasteiger partial charge < -0.3 is 15.5 Å². The van der Waals surface area contributed by atoms with Crippen molar-refractivity contribution in [3.05, 3.63) is 60.2 Å². The summed E-state index contributed by atoms with van der Waals surface area (Å²) >= 11 is 0. The van der Waals surface area contributed by atoms with Crippen LogP contribution in [0.15, 0.2) is 59.5 Å². The second kappa shape index (κ2) is 10.1. The van der Waals surface area contributed by atoms with Gasteiger partial charge in [0.1, 0.15) is 0 Å². The zero-order chi connectivity index (χ0) is 21.6. The topological polar surface area (TPSA) is 81.7 Å². The number of benzene rings is 2. The summed E-state index contributed by atoms with van der Waals surface area (Å²) < 4.78 is 24.2. The van der Waals surface area contributed by atoms with Gasteiger partial charge in [0.15, 0.2) is 9.84 Å². The van der Waals surface area contributed by atoms with Gasteiger partial charge in [-0.2, -0.15) is 0 Å². The summed E-state index contributed by atoms with van der Waals surface area (Å²) in [6.07, 6.45) is 0. The molecule has 162 valence electrons. The summed E-state index contributed by atoms with van der Waals surface area (Å²) in [5.74, 6) is 0.0176. The van der Waals surface area contributed by atoms with Crippen LogP contribution in [-0.2, 0) is 9.84 Å². The zero-order valence-corrected chi connectivity index (χ0v) is 18.4. The van der Waals surface area contributed by atoms with Gasteiger partial charge in [-0.1, -0.05) is 43.3 Å². The lowest BCUT2D eigenvalue weighted by Crippen LogP contribution is -2.48. The molecule has 2 amide bonds. The van der Waals surface area contributed by atoms with E-state index in [-0.39, 0.29) is 22.7 Å². The highest BCUT2D eigenvalue weighted by molar-refractivity contribution is 7.91. The van der Waals surface area contributed by atoms with Crippen molar-refractivity contribution < 1.29 is 13.2 Å². The molecule has 30 heavy (non-hydrogen) atoms. The molecule has 2 aromatic rings. The number of carbonyl (C=O) groups excluding carboxylic acids is 1. The molecule has 2 aromatic carbocycles. The number of nitrogens with zero attached hydrogens (tertiary/aromatic N) is 2. The van der Waals surface area contributed by atoms with Crippen LogP contribution >= 0.6 is 0 Å². The number of anilines is 1. The fourth-order valence-corrected chi connectivity index (χ4v) is 4.39. The van der Waals surface area contributed by atoms with E-state index in [0.29, 0.717) is 5.69 Å². The van der Waals surface area contributed by atoms with Gasteiger partial charge in [-0.05, 0) is 30.8 Å². The van der Waals surface area contributed by atoms with Crippen LogP contribution in [0.4, 0.5) is 10.5 Å². The van der Waals surface area contributed by atoms with Crippen molar-refractivity contribution in [2.45, 2.75) is 17.9 Å². The maximum atomic E-state index is 12.7. The Kier molecular flexibility index (Phi) is 7.47. The summed E-state index contributed by atoms with van der Waals surface area (Å²) in [5, 5.41) is 5.84. The van der Waals surface area contributed by atoms with Gasteiger partial charge in [0.25, 0.3) is 0 Å². The molecule has 1 heterocycles. The normalized spacial score (nSPS) is 16.7. The lowest BCUT2D eigenvalue weighted by Gasteiger charge is -2.35. The van der Waals surface area contributed by atoms with E-state index in [1.165, 1.54) is 6.07 Å². The molecule has 1 aliphatic rings. The quantitative estimate of drug-likeness (QED) is 0.706. The van der Waals surface area contributed by atoms with Crippen molar-refractivity contribution >= 4 is 21.6 Å². The summed E-state index contributed by atoms with van der Waals surface area (Å²) in [6, 6.07) is 15.7. The van der Waals surface area contributed by atoms with Gasteiger partial charge >= 0.3 is 6.03 Å². The summed E-state index contributed by atoms with van der Waals surface area (Å²) in [4.78, 5) is 17.6. The SMILES string of the molecule is CCS(=O)(=O)c1cccc(NC(=O)NC(CN2CCN(C)CC2)c2ccccc2)c1. The molecule has 7 nitrogen and oxygen atoms in total. The highest BCUT2D eigenvalue weighted by atomic mass is 32.2. The van der Waals surface area contributed by atoms with Gasteiger partial charge in [0.05, 0.1) is 16.7 Å². The van der Waals surface area contributed by atoms with E-state index in [1.807, 2.05) is 30.3 Å². The first-order valence-corrected chi connectivity index (χ1v) is 11.9. The second-order valence-electron chi connectivity index (χ2n) is 7.60. The molecule has 0 bridgehead atoms. The Bertz CT molecular complexity index is 942. The van der Waals surface area contributed by atoms with E-state index in [0.717, 1.165) is 38.3 Å². The second-order valence-corrected chi connectivity index (χ2v) is 9.88. The van der Waals surface area contributed by atoms with Crippen molar-refractivity contribution in [2.24, 2.45) is 0 Å².